The Morgan fingerprint density at radius 1 is 1.13 bits per heavy atom. The molecule has 31 heavy (non-hydrogen) atoms. The summed E-state index contributed by atoms with van der Waals surface area (Å²) in [6.45, 7) is 3.14. The first-order chi connectivity index (χ1) is 14.8. The van der Waals surface area contributed by atoms with Gasteiger partial charge >= 0.3 is 0 Å². The molecule has 2 aromatic heterocycles. The molecule has 0 unspecified atom stereocenters. The fraction of sp³-hybridized carbons (Fsp3) is 0.350. The second-order valence-electron chi connectivity index (χ2n) is 7.44. The number of halogens is 1. The van der Waals surface area contributed by atoms with Crippen LogP contribution in [0.15, 0.2) is 24.3 Å². The highest BCUT2D eigenvalue weighted by Gasteiger charge is 2.26. The molecule has 11 heteroatoms. The number of likely N-dealkylation sites (tertiary alicyclic amines) is 1. The number of nitrogens with two attached hydrogens (primary N) is 2. The number of fused-ring (bicyclic) bond motifs is 1. The second kappa shape index (κ2) is 8.38. The zero-order valence-electron chi connectivity index (χ0n) is 17.0. The van der Waals surface area contributed by atoms with Crippen molar-refractivity contribution in [1.29, 1.82) is 0 Å². The van der Waals surface area contributed by atoms with Gasteiger partial charge in [-0.15, -0.1) is 0 Å². The van der Waals surface area contributed by atoms with Gasteiger partial charge < -0.3 is 26.3 Å². The van der Waals surface area contributed by atoms with Crippen LogP contribution in [0.3, 0.4) is 0 Å². The lowest BCUT2D eigenvalue weighted by Crippen LogP contribution is -2.38. The highest BCUT2D eigenvalue weighted by atomic mass is 35.5. The number of amides is 2. The minimum absolute atomic E-state index is 0.0330. The molecule has 2 amide bonds. The number of nitrogens with one attached hydrogen (secondary N) is 1. The lowest BCUT2D eigenvalue weighted by molar-refractivity contribution is -0.130. The third-order valence-corrected chi connectivity index (χ3v) is 5.75. The first-order valence-electron chi connectivity index (χ1n) is 9.93. The summed E-state index contributed by atoms with van der Waals surface area (Å²) in [6.07, 6.45) is 1.62. The Bertz CT molecular complexity index is 1150. The molecule has 0 bridgehead atoms. The SMILES string of the molecule is CC(=O)N1CCC(n2c(CNC(=O)c3nc(Cl)c(N)nc3N)nc3ccccc32)CC1. The fourth-order valence-electron chi connectivity index (χ4n) is 3.92. The van der Waals surface area contributed by atoms with Crippen molar-refractivity contribution >= 4 is 46.1 Å². The van der Waals surface area contributed by atoms with E-state index in [-0.39, 0.29) is 41.0 Å². The van der Waals surface area contributed by atoms with Crippen molar-refractivity contribution in [2.45, 2.75) is 32.4 Å². The van der Waals surface area contributed by atoms with Gasteiger partial charge in [0.15, 0.2) is 22.5 Å². The van der Waals surface area contributed by atoms with Crippen molar-refractivity contribution in [2.24, 2.45) is 0 Å². The molecule has 1 aliphatic heterocycles. The van der Waals surface area contributed by atoms with Crippen molar-refractivity contribution in [2.75, 3.05) is 24.6 Å². The van der Waals surface area contributed by atoms with Gasteiger partial charge in [0.2, 0.25) is 5.91 Å². The number of benzene rings is 1. The summed E-state index contributed by atoms with van der Waals surface area (Å²) < 4.78 is 2.15. The van der Waals surface area contributed by atoms with Crippen LogP contribution in [0.5, 0.6) is 0 Å². The van der Waals surface area contributed by atoms with Gasteiger partial charge in [-0.25, -0.2) is 15.0 Å². The van der Waals surface area contributed by atoms with E-state index in [1.165, 1.54) is 0 Å². The smallest absolute Gasteiger partial charge is 0.274 e. The average molecular weight is 443 g/mol. The molecule has 0 radical (unpaired) electrons. The Balaban J connectivity index is 1.58. The van der Waals surface area contributed by atoms with Crippen LogP contribution in [0, 0.1) is 0 Å². The molecular formula is C20H23ClN8O2. The summed E-state index contributed by atoms with van der Waals surface area (Å²) in [5.74, 6) is 0.155. The molecule has 1 aliphatic rings. The molecule has 1 aromatic carbocycles. The molecule has 10 nitrogen and oxygen atoms in total. The summed E-state index contributed by atoms with van der Waals surface area (Å²) in [7, 11) is 0. The van der Waals surface area contributed by atoms with Gasteiger partial charge in [0.05, 0.1) is 17.6 Å². The normalized spacial score (nSPS) is 14.7. The minimum Gasteiger partial charge on any atom is -0.382 e. The van der Waals surface area contributed by atoms with Gasteiger partial charge in [-0.3, -0.25) is 9.59 Å². The van der Waals surface area contributed by atoms with Gasteiger partial charge in [-0.2, -0.15) is 0 Å². The van der Waals surface area contributed by atoms with Crippen LogP contribution in [0.25, 0.3) is 11.0 Å². The predicted octanol–water partition coefficient (Wildman–Crippen LogP) is 1.76. The number of hydrogen-bond acceptors (Lipinski definition) is 7. The maximum Gasteiger partial charge on any atom is 0.274 e. The van der Waals surface area contributed by atoms with E-state index >= 15 is 0 Å². The number of carbonyl (C=O) groups excluding carboxylic acids is 2. The molecule has 0 spiro atoms. The van der Waals surface area contributed by atoms with Gasteiger partial charge in [-0.1, -0.05) is 23.7 Å². The van der Waals surface area contributed by atoms with Crippen LogP contribution in [0.2, 0.25) is 5.15 Å². The molecule has 0 aliphatic carbocycles. The number of imidazole rings is 1. The van der Waals surface area contributed by atoms with E-state index in [9.17, 15) is 9.59 Å². The molecule has 0 saturated carbocycles. The maximum absolute atomic E-state index is 12.6. The number of nitrogen functional groups attached to an aromatic ring is 2. The lowest BCUT2D eigenvalue weighted by Gasteiger charge is -2.33. The number of anilines is 2. The number of para-hydroxylation sites is 2. The van der Waals surface area contributed by atoms with Gasteiger partial charge in [0.25, 0.3) is 5.91 Å². The second-order valence-corrected chi connectivity index (χ2v) is 7.80. The van der Waals surface area contributed by atoms with Crippen LogP contribution in [0.4, 0.5) is 11.6 Å². The van der Waals surface area contributed by atoms with Crippen molar-refractivity contribution in [3.63, 3.8) is 0 Å². The fourth-order valence-corrected chi connectivity index (χ4v) is 4.04. The van der Waals surface area contributed by atoms with Crippen LogP contribution in [-0.2, 0) is 11.3 Å². The highest BCUT2D eigenvalue weighted by Crippen LogP contribution is 2.29. The summed E-state index contributed by atoms with van der Waals surface area (Å²) in [6, 6.07) is 8.00. The van der Waals surface area contributed by atoms with Gasteiger partial charge in [-0.05, 0) is 25.0 Å². The van der Waals surface area contributed by atoms with Gasteiger partial charge in [0, 0.05) is 26.1 Å². The third-order valence-electron chi connectivity index (χ3n) is 5.47. The molecule has 3 aromatic rings. The lowest BCUT2D eigenvalue weighted by atomic mass is 10.0. The number of hydrogen-bond donors (Lipinski definition) is 3. The predicted molar refractivity (Wildman–Crippen MR) is 117 cm³/mol. The van der Waals surface area contributed by atoms with Crippen LogP contribution >= 0.6 is 11.6 Å². The minimum atomic E-state index is -0.517. The zero-order chi connectivity index (χ0) is 22.1. The van der Waals surface area contributed by atoms with Crippen LogP contribution in [0.1, 0.15) is 42.1 Å². The molecular weight excluding hydrogens is 420 g/mol. The third kappa shape index (κ3) is 4.11. The molecule has 1 fully saturated rings. The van der Waals surface area contributed by atoms with E-state index in [1.54, 1.807) is 6.92 Å². The van der Waals surface area contributed by atoms with E-state index in [1.807, 2.05) is 29.2 Å². The van der Waals surface area contributed by atoms with Gasteiger partial charge in [0.1, 0.15) is 5.82 Å². The molecule has 4 rings (SSSR count). The van der Waals surface area contributed by atoms with Crippen LogP contribution in [-0.4, -0.2) is 49.3 Å². The Morgan fingerprint density at radius 2 is 1.84 bits per heavy atom. The summed E-state index contributed by atoms with van der Waals surface area (Å²) in [4.78, 5) is 38.7. The Kier molecular flexibility index (Phi) is 5.64. The number of nitrogens with zero attached hydrogens (tertiary/aromatic N) is 5. The Labute approximate surface area is 183 Å². The number of piperidine rings is 1. The quantitative estimate of drug-likeness (QED) is 0.558. The van der Waals surface area contributed by atoms with Crippen molar-refractivity contribution < 1.29 is 9.59 Å². The summed E-state index contributed by atoms with van der Waals surface area (Å²) in [5.41, 5.74) is 13.1. The number of aromatic nitrogens is 4. The summed E-state index contributed by atoms with van der Waals surface area (Å²) in [5, 5.41) is 2.72. The molecule has 162 valence electrons. The molecule has 0 atom stereocenters. The first-order valence-corrected chi connectivity index (χ1v) is 10.3. The zero-order valence-corrected chi connectivity index (χ0v) is 17.8. The maximum atomic E-state index is 12.6. The molecule has 1 saturated heterocycles. The van der Waals surface area contributed by atoms with E-state index in [0.717, 1.165) is 23.9 Å². The highest BCUT2D eigenvalue weighted by molar-refractivity contribution is 6.31. The molecule has 3 heterocycles. The first kappa shape index (κ1) is 20.9. The van der Waals surface area contributed by atoms with E-state index in [4.69, 9.17) is 28.1 Å². The van der Waals surface area contributed by atoms with Crippen LogP contribution < -0.4 is 16.8 Å². The largest absolute Gasteiger partial charge is 0.382 e. The Morgan fingerprint density at radius 3 is 2.55 bits per heavy atom. The van der Waals surface area contributed by atoms with E-state index < -0.39 is 5.91 Å². The summed E-state index contributed by atoms with van der Waals surface area (Å²) >= 11 is 5.88. The van der Waals surface area contributed by atoms with E-state index in [2.05, 4.69) is 19.9 Å². The number of rotatable bonds is 4. The molecule has 5 N–H and O–H groups in total. The van der Waals surface area contributed by atoms with Crippen molar-refractivity contribution in [1.82, 2.24) is 29.7 Å². The van der Waals surface area contributed by atoms with E-state index in [0.29, 0.717) is 18.9 Å². The monoisotopic (exact) mass is 442 g/mol. The van der Waals surface area contributed by atoms with Crippen molar-refractivity contribution in [3.05, 3.63) is 40.9 Å². The topological polar surface area (TPSA) is 145 Å². The van der Waals surface area contributed by atoms with Crippen molar-refractivity contribution in [3.8, 4) is 0 Å². The Hall–Kier alpha value is -3.40. The number of carbonyl (C=O) groups is 2. The standard InChI is InChI=1S/C20H23ClN8O2/c1-11(30)28-8-6-12(7-9-28)29-14-5-3-2-4-13(14)25-15(29)10-24-20(31)16-18(22)27-19(23)17(21)26-16/h2-5,12H,6-10H2,1H3,(H,24,31)(H4,22,23,27). The average Bonchev–Trinajstić information content (AvgIpc) is 3.13.